The van der Waals surface area contributed by atoms with E-state index in [-0.39, 0.29) is 0 Å². The van der Waals surface area contributed by atoms with Gasteiger partial charge in [0.15, 0.2) is 30.0 Å². The summed E-state index contributed by atoms with van der Waals surface area (Å²) < 4.78 is 39.2. The summed E-state index contributed by atoms with van der Waals surface area (Å²) in [6.07, 6.45) is 4.41. The highest BCUT2D eigenvalue weighted by Gasteiger charge is 2.52. The van der Waals surface area contributed by atoms with Crippen LogP contribution in [0.2, 0.25) is 0 Å². The van der Waals surface area contributed by atoms with Crippen LogP contribution < -0.4 is 10.0 Å². The SMILES string of the molecule is CN(C)[S+](=O)(c1ccccc1)C1CC1.CN(C)[S+](=O)(c1ccccc1)C1CC1.[O-]B([O-])F. The van der Waals surface area contributed by atoms with Crippen LogP contribution in [0.1, 0.15) is 25.7 Å². The van der Waals surface area contributed by atoms with E-state index in [1.54, 1.807) is 0 Å². The molecule has 0 heterocycles. The van der Waals surface area contributed by atoms with Crippen molar-refractivity contribution in [3.05, 3.63) is 60.7 Å². The van der Waals surface area contributed by atoms with E-state index in [4.69, 9.17) is 10.0 Å². The van der Waals surface area contributed by atoms with Crippen LogP contribution in [0.3, 0.4) is 0 Å². The highest BCUT2D eigenvalue weighted by Crippen LogP contribution is 2.41. The fraction of sp³-hybridized carbons (Fsp3) is 0.455. The molecule has 2 atom stereocenters. The van der Waals surface area contributed by atoms with Crippen LogP contribution in [0.25, 0.3) is 0 Å². The Morgan fingerprint density at radius 1 is 0.719 bits per heavy atom. The zero-order valence-corrected chi connectivity index (χ0v) is 20.7. The zero-order valence-electron chi connectivity index (χ0n) is 19.1. The lowest BCUT2D eigenvalue weighted by Gasteiger charge is -2.16. The molecule has 32 heavy (non-hydrogen) atoms. The van der Waals surface area contributed by atoms with Crippen molar-refractivity contribution in [3.8, 4) is 0 Å². The van der Waals surface area contributed by atoms with Crippen LogP contribution in [0, 0.1) is 0 Å². The van der Waals surface area contributed by atoms with Gasteiger partial charge in [-0.3, -0.25) is 0 Å². The molecule has 2 aliphatic carbocycles. The molecule has 0 aromatic heterocycles. The maximum absolute atomic E-state index is 12.8. The second kappa shape index (κ2) is 11.6. The largest absolute Gasteiger partial charge is 0.867 e. The quantitative estimate of drug-likeness (QED) is 0.466. The van der Waals surface area contributed by atoms with Crippen molar-refractivity contribution in [2.24, 2.45) is 0 Å². The van der Waals surface area contributed by atoms with Crippen LogP contribution in [-0.2, 0) is 28.7 Å². The second-order valence-corrected chi connectivity index (χ2v) is 14.1. The average Bonchev–Trinajstić information content (AvgIpc) is 3.66. The normalized spacial score (nSPS) is 19.0. The summed E-state index contributed by atoms with van der Waals surface area (Å²) >= 11 is 0. The molecular formula is C22H32BFN2O4S2. The van der Waals surface area contributed by atoms with E-state index in [9.17, 15) is 12.7 Å². The molecule has 2 fully saturated rings. The first-order valence-corrected chi connectivity index (χ1v) is 13.7. The molecule has 0 spiro atoms. The summed E-state index contributed by atoms with van der Waals surface area (Å²) in [6, 6.07) is 19.7. The lowest BCUT2D eigenvalue weighted by molar-refractivity contribution is -0.366. The second-order valence-electron chi connectivity index (χ2n) is 8.06. The van der Waals surface area contributed by atoms with Crippen LogP contribution in [0.4, 0.5) is 4.32 Å². The average molecular weight is 482 g/mol. The third kappa shape index (κ3) is 6.79. The number of rotatable bonds is 6. The summed E-state index contributed by atoms with van der Waals surface area (Å²) in [5.41, 5.74) is 0. The Kier molecular flexibility index (Phi) is 9.75. The van der Waals surface area contributed by atoms with Crippen molar-refractivity contribution in [2.45, 2.75) is 46.0 Å². The van der Waals surface area contributed by atoms with Gasteiger partial charge in [0.05, 0.1) is 0 Å². The minimum Gasteiger partial charge on any atom is -0.867 e. The molecule has 0 amide bonds. The van der Waals surface area contributed by atoms with Gasteiger partial charge in [-0.1, -0.05) is 44.8 Å². The van der Waals surface area contributed by atoms with Gasteiger partial charge in [-0.05, 0) is 24.3 Å². The maximum Gasteiger partial charge on any atom is 0.193 e. The van der Waals surface area contributed by atoms with Gasteiger partial charge in [-0.15, -0.1) is 8.61 Å². The van der Waals surface area contributed by atoms with E-state index >= 15 is 0 Å². The lowest BCUT2D eigenvalue weighted by atomic mass is 10.3. The molecule has 2 unspecified atom stereocenters. The first-order valence-electron chi connectivity index (χ1n) is 10.5. The van der Waals surface area contributed by atoms with Gasteiger partial charge in [-0.2, -0.15) is 0 Å². The van der Waals surface area contributed by atoms with E-state index in [0.717, 1.165) is 35.5 Å². The molecule has 10 heteroatoms. The van der Waals surface area contributed by atoms with Gasteiger partial charge >= 0.3 is 0 Å². The summed E-state index contributed by atoms with van der Waals surface area (Å²) in [5, 5.41) is 17.4. The van der Waals surface area contributed by atoms with E-state index < -0.39 is 27.6 Å². The molecule has 176 valence electrons. The van der Waals surface area contributed by atoms with E-state index in [1.165, 1.54) is 0 Å². The summed E-state index contributed by atoms with van der Waals surface area (Å²) in [4.78, 5) is 1.96. The van der Waals surface area contributed by atoms with Crippen molar-refractivity contribution in [1.82, 2.24) is 8.61 Å². The number of halogens is 1. The molecule has 4 rings (SSSR count). The van der Waals surface area contributed by atoms with Crippen LogP contribution in [0.5, 0.6) is 0 Å². The minimum atomic E-state index is -3.17. The fourth-order valence-corrected chi connectivity index (χ4v) is 8.86. The van der Waals surface area contributed by atoms with Gasteiger partial charge in [0.2, 0.25) is 0 Å². The van der Waals surface area contributed by atoms with Crippen molar-refractivity contribution in [2.75, 3.05) is 28.2 Å². The van der Waals surface area contributed by atoms with E-state index in [1.807, 2.05) is 97.5 Å². The smallest absolute Gasteiger partial charge is 0.193 e. The molecule has 0 saturated heterocycles. The van der Waals surface area contributed by atoms with E-state index in [0.29, 0.717) is 10.5 Å². The monoisotopic (exact) mass is 482 g/mol. The standard InChI is InChI=1S/2C11H16NOS.BFO2/c2*1-12(2)14(13,11-8-9-11)10-6-4-3-5-7-10;2-1(3)4/h2*3-7,11H,8-9H2,1-2H3;/q2*+1;-2. The van der Waals surface area contributed by atoms with Crippen molar-refractivity contribution >= 4 is 27.6 Å². The summed E-state index contributed by atoms with van der Waals surface area (Å²) in [5.74, 6) is 0. The Bertz CT molecular complexity index is 836. The van der Waals surface area contributed by atoms with Crippen LogP contribution in [-0.4, -0.2) is 54.7 Å². The predicted molar refractivity (Wildman–Crippen MR) is 126 cm³/mol. The Balaban J connectivity index is 0.000000195. The van der Waals surface area contributed by atoms with Gasteiger partial charge < -0.3 is 14.4 Å². The molecule has 0 aliphatic heterocycles. The number of nitrogens with zero attached hydrogens (tertiary/aromatic N) is 2. The third-order valence-electron chi connectivity index (χ3n) is 5.20. The number of hydrogen-bond donors (Lipinski definition) is 0. The third-order valence-corrected chi connectivity index (χ3v) is 12.0. The highest BCUT2D eigenvalue weighted by atomic mass is 32.3. The number of hydrogen-bond acceptors (Lipinski definition) is 4. The molecule has 6 nitrogen and oxygen atoms in total. The molecule has 2 aromatic carbocycles. The van der Waals surface area contributed by atoms with E-state index in [2.05, 4.69) is 0 Å². The first kappa shape index (κ1) is 26.8. The van der Waals surface area contributed by atoms with Crippen molar-refractivity contribution in [3.63, 3.8) is 0 Å². The molecule has 2 saturated carbocycles. The molecule has 0 radical (unpaired) electrons. The van der Waals surface area contributed by atoms with Gasteiger partial charge in [-0.25, -0.2) is 0 Å². The summed E-state index contributed by atoms with van der Waals surface area (Å²) in [6.45, 7) is 0. The molecule has 0 bridgehead atoms. The van der Waals surface area contributed by atoms with Gasteiger partial charge in [0.25, 0.3) is 0 Å². The number of benzene rings is 2. The topological polar surface area (TPSA) is 86.7 Å². The Hall–Kier alpha value is -1.43. The molecular weight excluding hydrogens is 450 g/mol. The van der Waals surface area contributed by atoms with Crippen LogP contribution >= 0.6 is 0 Å². The lowest BCUT2D eigenvalue weighted by Crippen LogP contribution is -2.39. The maximum atomic E-state index is 12.8. The minimum absolute atomic E-state index is 0.375. The van der Waals surface area contributed by atoms with Crippen molar-refractivity contribution in [1.29, 1.82) is 0 Å². The molecule has 2 aromatic rings. The van der Waals surface area contributed by atoms with Crippen molar-refractivity contribution < 1.29 is 22.8 Å². The molecule has 0 N–H and O–H groups in total. The first-order chi connectivity index (χ1) is 15.0. The Labute approximate surface area is 193 Å². The zero-order chi connectivity index (χ0) is 23.9. The highest BCUT2D eigenvalue weighted by molar-refractivity contribution is 8.02. The predicted octanol–water partition coefficient (Wildman–Crippen LogP) is 2.03. The van der Waals surface area contributed by atoms with Crippen LogP contribution in [0.15, 0.2) is 70.5 Å². The van der Waals surface area contributed by atoms with Gasteiger partial charge in [0, 0.05) is 53.9 Å². The fourth-order valence-electron chi connectivity index (χ4n) is 3.41. The summed E-state index contributed by atoms with van der Waals surface area (Å²) in [7, 11) is 0.562. The van der Waals surface area contributed by atoms with Gasteiger partial charge in [0.1, 0.15) is 17.9 Å². The Morgan fingerprint density at radius 3 is 1.16 bits per heavy atom. The molecule has 2 aliphatic rings. The Morgan fingerprint density at radius 2 is 0.969 bits per heavy atom.